The van der Waals surface area contributed by atoms with E-state index in [1.807, 2.05) is 4.90 Å². The van der Waals surface area contributed by atoms with Crippen molar-refractivity contribution < 1.29 is 14.0 Å². The number of amides is 2. The molecule has 8 heteroatoms. The molecule has 144 valence electrons. The van der Waals surface area contributed by atoms with E-state index in [0.717, 1.165) is 45.7 Å². The molecule has 0 aromatic heterocycles. The molecule has 2 amide bonds. The standard InChI is InChI=1S/C18H25FN4O2.ClH/c19-15-3-1-14(2-4-15)18(25)21-7-5-17(24)23-10-6-16(13-23)22-11-8-20-9-12-22;/h1-4,16,20H,5-13H2,(H,21,25);1H. The lowest BCUT2D eigenvalue weighted by atomic mass is 10.2. The van der Waals surface area contributed by atoms with E-state index >= 15 is 0 Å². The summed E-state index contributed by atoms with van der Waals surface area (Å²) >= 11 is 0. The van der Waals surface area contributed by atoms with Crippen LogP contribution in [0.4, 0.5) is 4.39 Å². The third-order valence-electron chi connectivity index (χ3n) is 4.91. The van der Waals surface area contributed by atoms with Gasteiger partial charge in [0, 0.05) is 63.8 Å². The van der Waals surface area contributed by atoms with Crippen LogP contribution in [-0.2, 0) is 4.79 Å². The van der Waals surface area contributed by atoms with Crippen LogP contribution in [0.15, 0.2) is 24.3 Å². The highest BCUT2D eigenvalue weighted by Crippen LogP contribution is 2.16. The van der Waals surface area contributed by atoms with Crippen molar-refractivity contribution in [2.45, 2.75) is 18.9 Å². The molecule has 0 radical (unpaired) electrons. The van der Waals surface area contributed by atoms with Crippen LogP contribution < -0.4 is 10.6 Å². The minimum atomic E-state index is -0.375. The molecule has 1 atom stereocenters. The van der Waals surface area contributed by atoms with Crippen molar-refractivity contribution in [1.82, 2.24) is 20.4 Å². The van der Waals surface area contributed by atoms with Gasteiger partial charge in [-0.2, -0.15) is 0 Å². The lowest BCUT2D eigenvalue weighted by molar-refractivity contribution is -0.130. The first-order valence-corrected chi connectivity index (χ1v) is 8.90. The van der Waals surface area contributed by atoms with Gasteiger partial charge in [0.1, 0.15) is 5.82 Å². The van der Waals surface area contributed by atoms with Gasteiger partial charge in [0.2, 0.25) is 5.91 Å². The summed E-state index contributed by atoms with van der Waals surface area (Å²) in [6.07, 6.45) is 1.31. The van der Waals surface area contributed by atoms with E-state index < -0.39 is 0 Å². The number of carbonyl (C=O) groups excluding carboxylic acids is 2. The number of halogens is 2. The largest absolute Gasteiger partial charge is 0.352 e. The Morgan fingerprint density at radius 1 is 1.15 bits per heavy atom. The van der Waals surface area contributed by atoms with E-state index in [9.17, 15) is 14.0 Å². The van der Waals surface area contributed by atoms with Crippen molar-refractivity contribution >= 4 is 24.2 Å². The first-order chi connectivity index (χ1) is 12.1. The van der Waals surface area contributed by atoms with Gasteiger partial charge in [0.05, 0.1) is 0 Å². The van der Waals surface area contributed by atoms with Gasteiger partial charge in [-0.3, -0.25) is 14.5 Å². The summed E-state index contributed by atoms with van der Waals surface area (Å²) in [4.78, 5) is 28.6. The molecule has 0 spiro atoms. The maximum atomic E-state index is 12.9. The first-order valence-electron chi connectivity index (χ1n) is 8.90. The molecule has 1 unspecified atom stereocenters. The Morgan fingerprint density at radius 2 is 1.85 bits per heavy atom. The SMILES string of the molecule is Cl.O=C(NCCC(=O)N1CCC(N2CCNCC2)C1)c1ccc(F)cc1. The normalized spacial score (nSPS) is 20.5. The van der Waals surface area contributed by atoms with Crippen LogP contribution in [-0.4, -0.2) is 73.5 Å². The fourth-order valence-corrected chi connectivity index (χ4v) is 3.46. The average Bonchev–Trinajstić information content (AvgIpc) is 3.13. The third-order valence-corrected chi connectivity index (χ3v) is 4.91. The summed E-state index contributed by atoms with van der Waals surface area (Å²) < 4.78 is 12.9. The summed E-state index contributed by atoms with van der Waals surface area (Å²) in [7, 11) is 0. The van der Waals surface area contributed by atoms with Gasteiger partial charge in [-0.15, -0.1) is 12.4 Å². The lowest BCUT2D eigenvalue weighted by Gasteiger charge is -2.32. The van der Waals surface area contributed by atoms with Gasteiger partial charge >= 0.3 is 0 Å². The number of nitrogens with one attached hydrogen (secondary N) is 2. The molecule has 1 aromatic rings. The van der Waals surface area contributed by atoms with E-state index in [-0.39, 0.29) is 30.0 Å². The van der Waals surface area contributed by atoms with Crippen LogP contribution in [0.1, 0.15) is 23.2 Å². The van der Waals surface area contributed by atoms with Crippen LogP contribution in [0, 0.1) is 5.82 Å². The average molecular weight is 385 g/mol. The Hall–Kier alpha value is -1.70. The van der Waals surface area contributed by atoms with Gasteiger partial charge in [0.15, 0.2) is 0 Å². The minimum Gasteiger partial charge on any atom is -0.352 e. The Bertz CT molecular complexity index is 608. The topological polar surface area (TPSA) is 64.7 Å². The van der Waals surface area contributed by atoms with Crippen molar-refractivity contribution in [3.05, 3.63) is 35.6 Å². The zero-order valence-electron chi connectivity index (χ0n) is 14.7. The molecule has 2 aliphatic rings. The van der Waals surface area contributed by atoms with Crippen molar-refractivity contribution in [2.75, 3.05) is 45.8 Å². The molecule has 1 aromatic carbocycles. The summed E-state index contributed by atoms with van der Waals surface area (Å²) in [6, 6.07) is 5.83. The Labute approximate surface area is 159 Å². The highest BCUT2D eigenvalue weighted by molar-refractivity contribution is 5.94. The highest BCUT2D eigenvalue weighted by Gasteiger charge is 2.30. The fraction of sp³-hybridized carbons (Fsp3) is 0.556. The second kappa shape index (κ2) is 9.85. The molecule has 2 N–H and O–H groups in total. The Morgan fingerprint density at radius 3 is 2.54 bits per heavy atom. The quantitative estimate of drug-likeness (QED) is 0.790. The molecule has 0 saturated carbocycles. The van der Waals surface area contributed by atoms with Gasteiger partial charge in [-0.25, -0.2) is 4.39 Å². The van der Waals surface area contributed by atoms with Crippen molar-refractivity contribution in [1.29, 1.82) is 0 Å². The maximum absolute atomic E-state index is 12.9. The summed E-state index contributed by atoms with van der Waals surface area (Å²) in [6.45, 7) is 5.98. The van der Waals surface area contributed by atoms with Gasteiger partial charge in [0.25, 0.3) is 5.91 Å². The molecule has 0 aliphatic carbocycles. The minimum absolute atomic E-state index is 0. The Kier molecular flexibility index (Phi) is 7.81. The van der Waals surface area contributed by atoms with Crippen LogP contribution in [0.3, 0.4) is 0 Å². The van der Waals surface area contributed by atoms with E-state index in [0.29, 0.717) is 24.6 Å². The van der Waals surface area contributed by atoms with Crippen LogP contribution in [0.5, 0.6) is 0 Å². The predicted molar refractivity (Wildman–Crippen MR) is 100 cm³/mol. The smallest absolute Gasteiger partial charge is 0.251 e. The Balaban J connectivity index is 0.00000243. The van der Waals surface area contributed by atoms with E-state index in [2.05, 4.69) is 15.5 Å². The lowest BCUT2D eigenvalue weighted by Crippen LogP contribution is -2.49. The second-order valence-corrected chi connectivity index (χ2v) is 6.58. The molecule has 3 rings (SSSR count). The monoisotopic (exact) mass is 384 g/mol. The van der Waals surface area contributed by atoms with E-state index in [4.69, 9.17) is 0 Å². The van der Waals surface area contributed by atoms with Crippen molar-refractivity contribution in [2.24, 2.45) is 0 Å². The molecular weight excluding hydrogens is 359 g/mol. The van der Waals surface area contributed by atoms with Crippen LogP contribution in [0.2, 0.25) is 0 Å². The van der Waals surface area contributed by atoms with Crippen molar-refractivity contribution in [3.8, 4) is 0 Å². The predicted octanol–water partition coefficient (Wildman–Crippen LogP) is 0.874. The molecule has 0 bridgehead atoms. The molecule has 2 saturated heterocycles. The molecule has 26 heavy (non-hydrogen) atoms. The maximum Gasteiger partial charge on any atom is 0.251 e. The number of hydrogen-bond acceptors (Lipinski definition) is 4. The zero-order valence-corrected chi connectivity index (χ0v) is 15.6. The number of likely N-dealkylation sites (tertiary alicyclic amines) is 1. The number of piperazine rings is 1. The fourth-order valence-electron chi connectivity index (χ4n) is 3.46. The summed E-state index contributed by atoms with van der Waals surface area (Å²) in [5, 5.41) is 6.06. The summed E-state index contributed by atoms with van der Waals surface area (Å²) in [5.41, 5.74) is 0.397. The molecular formula is C18H26ClFN4O2. The number of rotatable bonds is 5. The summed E-state index contributed by atoms with van der Waals surface area (Å²) in [5.74, 6) is -0.579. The van der Waals surface area contributed by atoms with Crippen LogP contribution in [0.25, 0.3) is 0 Å². The number of nitrogens with zero attached hydrogens (tertiary/aromatic N) is 2. The first kappa shape index (κ1) is 20.6. The molecule has 2 fully saturated rings. The molecule has 2 aliphatic heterocycles. The molecule has 2 heterocycles. The van der Waals surface area contributed by atoms with Gasteiger partial charge in [-0.05, 0) is 30.7 Å². The third kappa shape index (κ3) is 5.40. The number of benzene rings is 1. The zero-order chi connectivity index (χ0) is 17.6. The van der Waals surface area contributed by atoms with Crippen LogP contribution >= 0.6 is 12.4 Å². The number of hydrogen-bond donors (Lipinski definition) is 2. The highest BCUT2D eigenvalue weighted by atomic mass is 35.5. The van der Waals surface area contributed by atoms with Crippen molar-refractivity contribution in [3.63, 3.8) is 0 Å². The van der Waals surface area contributed by atoms with E-state index in [1.54, 1.807) is 0 Å². The number of carbonyl (C=O) groups is 2. The van der Waals surface area contributed by atoms with E-state index in [1.165, 1.54) is 24.3 Å². The van der Waals surface area contributed by atoms with Gasteiger partial charge in [-0.1, -0.05) is 0 Å². The second-order valence-electron chi connectivity index (χ2n) is 6.58. The molecule has 6 nitrogen and oxygen atoms in total. The van der Waals surface area contributed by atoms with Gasteiger partial charge < -0.3 is 15.5 Å².